The van der Waals surface area contributed by atoms with Gasteiger partial charge in [0.1, 0.15) is 6.10 Å². The van der Waals surface area contributed by atoms with Crippen molar-refractivity contribution in [3.63, 3.8) is 0 Å². The fraction of sp³-hybridized carbons (Fsp3) is 0.684. The Morgan fingerprint density at radius 2 is 1.91 bits per heavy atom. The number of carbonyl (C=O) groups excluding carboxylic acids is 2. The Labute approximate surface area is 131 Å². The molecule has 0 saturated heterocycles. The third-order valence-electron chi connectivity index (χ3n) is 6.30. The minimum absolute atomic E-state index is 0.130. The van der Waals surface area contributed by atoms with Crippen molar-refractivity contribution in [3.8, 4) is 0 Å². The van der Waals surface area contributed by atoms with Gasteiger partial charge >= 0.3 is 5.97 Å². The molecule has 0 spiro atoms. The minimum atomic E-state index is -0.130. The number of allylic oxidation sites excluding steroid dienone is 4. The van der Waals surface area contributed by atoms with Crippen molar-refractivity contribution in [1.82, 2.24) is 0 Å². The van der Waals surface area contributed by atoms with Crippen LogP contribution in [0.4, 0.5) is 0 Å². The van der Waals surface area contributed by atoms with Crippen LogP contribution >= 0.6 is 0 Å². The molecule has 0 aromatic heterocycles. The summed E-state index contributed by atoms with van der Waals surface area (Å²) in [5, 5.41) is 0. The number of hydrogen-bond donors (Lipinski definition) is 0. The average molecular weight is 300 g/mol. The summed E-state index contributed by atoms with van der Waals surface area (Å²) in [7, 11) is 0. The van der Waals surface area contributed by atoms with E-state index in [1.807, 2.05) is 6.08 Å². The normalized spacial score (nSPS) is 37.1. The molecule has 4 unspecified atom stereocenters. The van der Waals surface area contributed by atoms with E-state index in [4.69, 9.17) is 4.74 Å². The van der Waals surface area contributed by atoms with Gasteiger partial charge in [-0.1, -0.05) is 5.57 Å². The number of ketones is 1. The van der Waals surface area contributed by atoms with E-state index in [-0.39, 0.29) is 12.1 Å². The van der Waals surface area contributed by atoms with Crippen molar-refractivity contribution in [2.45, 2.75) is 64.4 Å². The topological polar surface area (TPSA) is 43.4 Å². The van der Waals surface area contributed by atoms with Crippen LogP contribution in [0.5, 0.6) is 0 Å². The molecule has 3 nitrogen and oxygen atoms in total. The predicted molar refractivity (Wildman–Crippen MR) is 83.1 cm³/mol. The van der Waals surface area contributed by atoms with Crippen molar-refractivity contribution in [2.75, 3.05) is 0 Å². The molecular formula is C19H24O3. The molecule has 4 aliphatic carbocycles. The molecule has 0 aliphatic heterocycles. The summed E-state index contributed by atoms with van der Waals surface area (Å²) >= 11 is 0. The minimum Gasteiger partial charge on any atom is -0.462 e. The van der Waals surface area contributed by atoms with E-state index in [1.165, 1.54) is 30.9 Å². The maximum absolute atomic E-state index is 11.7. The highest BCUT2D eigenvalue weighted by Crippen LogP contribution is 2.54. The summed E-state index contributed by atoms with van der Waals surface area (Å²) in [6, 6.07) is 0. The number of ether oxygens (including phenoxy) is 1. The second-order valence-electron chi connectivity index (χ2n) is 7.38. The molecule has 0 aromatic carbocycles. The van der Waals surface area contributed by atoms with Crippen LogP contribution in [0, 0.1) is 17.8 Å². The van der Waals surface area contributed by atoms with E-state index in [0.717, 1.165) is 32.1 Å². The molecule has 22 heavy (non-hydrogen) atoms. The SMILES string of the molecule is CC(=O)OC1CCC2C3CCC4=CC(=O)CCC4=C3CCC12. The number of hydrogen-bond acceptors (Lipinski definition) is 3. The van der Waals surface area contributed by atoms with E-state index in [0.29, 0.717) is 30.0 Å². The Bertz CT molecular complexity index is 583. The molecule has 0 radical (unpaired) electrons. The monoisotopic (exact) mass is 300 g/mol. The molecule has 4 atom stereocenters. The van der Waals surface area contributed by atoms with Gasteiger partial charge in [-0.15, -0.1) is 0 Å². The van der Waals surface area contributed by atoms with Gasteiger partial charge in [-0.25, -0.2) is 0 Å². The third-order valence-corrected chi connectivity index (χ3v) is 6.30. The van der Waals surface area contributed by atoms with Crippen LogP contribution in [-0.4, -0.2) is 17.9 Å². The van der Waals surface area contributed by atoms with Gasteiger partial charge in [0.25, 0.3) is 0 Å². The first-order valence-electron chi connectivity index (χ1n) is 8.76. The van der Waals surface area contributed by atoms with Gasteiger partial charge in [-0.2, -0.15) is 0 Å². The smallest absolute Gasteiger partial charge is 0.302 e. The van der Waals surface area contributed by atoms with Crippen LogP contribution in [0.2, 0.25) is 0 Å². The van der Waals surface area contributed by atoms with Crippen molar-refractivity contribution >= 4 is 11.8 Å². The fourth-order valence-corrected chi connectivity index (χ4v) is 5.51. The standard InChI is InChI=1S/C19H24O3/c1-11(20)22-19-9-8-17-16-4-2-12-10-13(21)3-5-14(12)15(16)6-7-18(17)19/h10,16-19H,2-9H2,1H3. The molecule has 118 valence electrons. The molecule has 4 aliphatic rings. The molecule has 2 saturated carbocycles. The number of fused-ring (bicyclic) bond motifs is 4. The first kappa shape index (κ1) is 14.2. The van der Waals surface area contributed by atoms with Crippen LogP contribution in [0.15, 0.2) is 22.8 Å². The number of carbonyl (C=O) groups is 2. The van der Waals surface area contributed by atoms with Gasteiger partial charge in [-0.05, 0) is 79.9 Å². The zero-order chi connectivity index (χ0) is 15.3. The highest BCUT2D eigenvalue weighted by atomic mass is 16.5. The predicted octanol–water partition coefficient (Wildman–Crippen LogP) is 3.73. The molecule has 0 heterocycles. The van der Waals surface area contributed by atoms with Gasteiger partial charge in [0.15, 0.2) is 5.78 Å². The summed E-state index contributed by atoms with van der Waals surface area (Å²) in [5.74, 6) is 2.12. The summed E-state index contributed by atoms with van der Waals surface area (Å²) in [4.78, 5) is 23.0. The lowest BCUT2D eigenvalue weighted by molar-refractivity contribution is -0.148. The van der Waals surface area contributed by atoms with E-state index < -0.39 is 0 Å². The maximum Gasteiger partial charge on any atom is 0.302 e. The second kappa shape index (κ2) is 5.36. The lowest BCUT2D eigenvalue weighted by Gasteiger charge is -2.42. The molecular weight excluding hydrogens is 276 g/mol. The van der Waals surface area contributed by atoms with Gasteiger partial charge < -0.3 is 4.74 Å². The van der Waals surface area contributed by atoms with Crippen molar-refractivity contribution in [2.24, 2.45) is 17.8 Å². The molecule has 4 rings (SSSR count). The van der Waals surface area contributed by atoms with Crippen LogP contribution in [-0.2, 0) is 14.3 Å². The highest BCUT2D eigenvalue weighted by Gasteiger charge is 2.47. The molecule has 2 fully saturated rings. The van der Waals surface area contributed by atoms with Crippen LogP contribution in [0.25, 0.3) is 0 Å². The third kappa shape index (κ3) is 2.26. The lowest BCUT2D eigenvalue weighted by Crippen LogP contribution is -2.35. The lowest BCUT2D eigenvalue weighted by atomic mass is 9.63. The summed E-state index contributed by atoms with van der Waals surface area (Å²) in [5.41, 5.74) is 4.50. The molecule has 3 heteroatoms. The number of rotatable bonds is 1. The van der Waals surface area contributed by atoms with E-state index in [2.05, 4.69) is 0 Å². The molecule has 0 bridgehead atoms. The zero-order valence-electron chi connectivity index (χ0n) is 13.3. The highest BCUT2D eigenvalue weighted by molar-refractivity contribution is 5.93. The Morgan fingerprint density at radius 3 is 2.73 bits per heavy atom. The number of esters is 1. The Balaban J connectivity index is 1.61. The Kier molecular flexibility index (Phi) is 3.47. The fourth-order valence-electron chi connectivity index (χ4n) is 5.51. The summed E-state index contributed by atoms with van der Waals surface area (Å²) in [6.07, 6.45) is 10.5. The average Bonchev–Trinajstić information content (AvgIpc) is 2.89. The maximum atomic E-state index is 11.7. The largest absolute Gasteiger partial charge is 0.462 e. The first-order valence-corrected chi connectivity index (χ1v) is 8.76. The van der Waals surface area contributed by atoms with Crippen molar-refractivity contribution in [3.05, 3.63) is 22.8 Å². The van der Waals surface area contributed by atoms with Gasteiger partial charge in [-0.3, -0.25) is 9.59 Å². The second-order valence-corrected chi connectivity index (χ2v) is 7.38. The summed E-state index contributed by atoms with van der Waals surface area (Å²) < 4.78 is 5.57. The van der Waals surface area contributed by atoms with Crippen LogP contribution in [0.3, 0.4) is 0 Å². The van der Waals surface area contributed by atoms with Crippen LogP contribution < -0.4 is 0 Å². The first-order chi connectivity index (χ1) is 10.6. The molecule has 0 N–H and O–H groups in total. The van der Waals surface area contributed by atoms with Crippen LogP contribution in [0.1, 0.15) is 58.3 Å². The Hall–Kier alpha value is -1.38. The Morgan fingerprint density at radius 1 is 1.05 bits per heavy atom. The molecule has 0 aromatic rings. The quantitative estimate of drug-likeness (QED) is 0.693. The summed E-state index contributed by atoms with van der Waals surface area (Å²) in [6.45, 7) is 1.53. The van der Waals surface area contributed by atoms with Gasteiger partial charge in [0, 0.05) is 13.3 Å². The zero-order valence-corrected chi connectivity index (χ0v) is 13.3. The van der Waals surface area contributed by atoms with Crippen molar-refractivity contribution in [1.29, 1.82) is 0 Å². The van der Waals surface area contributed by atoms with E-state index in [1.54, 1.807) is 5.57 Å². The van der Waals surface area contributed by atoms with E-state index in [9.17, 15) is 9.59 Å². The van der Waals surface area contributed by atoms with E-state index >= 15 is 0 Å². The van der Waals surface area contributed by atoms with Gasteiger partial charge in [0.2, 0.25) is 0 Å². The van der Waals surface area contributed by atoms with Gasteiger partial charge in [0.05, 0.1) is 0 Å². The molecule has 0 amide bonds. The van der Waals surface area contributed by atoms with Crippen molar-refractivity contribution < 1.29 is 14.3 Å².